The Morgan fingerprint density at radius 1 is 0.950 bits per heavy atom. The third-order valence-electron chi connectivity index (χ3n) is 5.74. The molecule has 0 aliphatic carbocycles. The molecule has 11 heteroatoms. The van der Waals surface area contributed by atoms with Crippen LogP contribution in [0.4, 0.5) is 26.1 Å². The largest absolute Gasteiger partial charge is 0.439 e. The molecule has 5 rings (SSSR count). The number of sulfone groups is 1. The second kappa shape index (κ2) is 11.1. The van der Waals surface area contributed by atoms with Gasteiger partial charge >= 0.3 is 0 Å². The van der Waals surface area contributed by atoms with Gasteiger partial charge in [-0.15, -0.1) is 0 Å². The Balaban J connectivity index is 1.33. The maximum absolute atomic E-state index is 14.0. The molecule has 0 fully saturated rings. The third-order valence-corrected chi connectivity index (χ3v) is 6.60. The lowest BCUT2D eigenvalue weighted by Crippen LogP contribution is -2.13. The van der Waals surface area contributed by atoms with Gasteiger partial charge in [0.1, 0.15) is 17.4 Å². The van der Waals surface area contributed by atoms with Gasteiger partial charge in [0.2, 0.25) is 11.8 Å². The summed E-state index contributed by atoms with van der Waals surface area (Å²) in [5, 5.41) is 6.82. The molecule has 1 amide bonds. The van der Waals surface area contributed by atoms with Crippen molar-refractivity contribution in [3.63, 3.8) is 0 Å². The average Bonchev–Trinajstić information content (AvgIpc) is 2.89. The predicted octanol–water partition coefficient (Wildman–Crippen LogP) is 6.24. The van der Waals surface area contributed by atoms with Crippen LogP contribution < -0.4 is 15.4 Å². The Hall–Kier alpha value is -4.90. The van der Waals surface area contributed by atoms with Gasteiger partial charge in [-0.2, -0.15) is 4.98 Å². The number of fused-ring (bicyclic) bond motifs is 1. The minimum atomic E-state index is -3.18. The Morgan fingerprint density at radius 2 is 1.77 bits per heavy atom. The summed E-state index contributed by atoms with van der Waals surface area (Å²) in [6, 6.07) is 21.6. The molecular weight excluding hydrogens is 538 g/mol. The van der Waals surface area contributed by atoms with E-state index in [1.807, 2.05) is 0 Å². The number of carbonyl (C=O) groups excluding carboxylic acids is 1. The zero-order valence-electron chi connectivity index (χ0n) is 21.1. The van der Waals surface area contributed by atoms with E-state index in [0.29, 0.717) is 39.4 Å². The molecule has 0 bridgehead atoms. The first kappa shape index (κ1) is 26.7. The zero-order valence-corrected chi connectivity index (χ0v) is 21.9. The fraction of sp³-hybridized carbons (Fsp3) is 0.0690. The van der Waals surface area contributed by atoms with E-state index in [9.17, 15) is 22.0 Å². The molecule has 202 valence electrons. The van der Waals surface area contributed by atoms with Gasteiger partial charge in [-0.1, -0.05) is 24.3 Å². The van der Waals surface area contributed by atoms with E-state index in [0.717, 1.165) is 12.1 Å². The van der Waals surface area contributed by atoms with E-state index < -0.39 is 27.4 Å². The number of hydrogen-bond donors (Lipinski definition) is 2. The van der Waals surface area contributed by atoms with Gasteiger partial charge in [0, 0.05) is 35.8 Å². The number of nitrogens with zero attached hydrogens (tertiary/aromatic N) is 2. The first-order valence-electron chi connectivity index (χ1n) is 12.0. The maximum Gasteiger partial charge on any atom is 0.256 e. The van der Waals surface area contributed by atoms with E-state index in [1.165, 1.54) is 12.5 Å². The molecule has 1 heterocycles. The van der Waals surface area contributed by atoms with E-state index in [2.05, 4.69) is 20.6 Å². The smallest absolute Gasteiger partial charge is 0.256 e. The fourth-order valence-electron chi connectivity index (χ4n) is 4.05. The molecule has 0 spiro atoms. The van der Waals surface area contributed by atoms with Crippen molar-refractivity contribution in [1.29, 1.82) is 0 Å². The lowest BCUT2D eigenvalue weighted by atomic mass is 10.0. The molecule has 2 N–H and O–H groups in total. The number of halogens is 2. The molecule has 4 aromatic carbocycles. The highest BCUT2D eigenvalue weighted by atomic mass is 32.2. The fourth-order valence-corrected chi connectivity index (χ4v) is 4.84. The van der Waals surface area contributed by atoms with Gasteiger partial charge < -0.3 is 15.4 Å². The molecule has 8 nitrogen and oxygen atoms in total. The first-order chi connectivity index (χ1) is 19.1. The zero-order chi connectivity index (χ0) is 28.3. The Labute approximate surface area is 228 Å². The van der Waals surface area contributed by atoms with Gasteiger partial charge in [-0.25, -0.2) is 22.2 Å². The minimum Gasteiger partial charge on any atom is -0.439 e. The third kappa shape index (κ3) is 6.56. The Morgan fingerprint density at radius 3 is 2.58 bits per heavy atom. The number of benzene rings is 4. The van der Waals surface area contributed by atoms with Crippen molar-refractivity contribution in [3.8, 4) is 11.6 Å². The van der Waals surface area contributed by atoms with Gasteiger partial charge in [0.05, 0.1) is 11.4 Å². The second-order valence-corrected chi connectivity index (χ2v) is 11.1. The number of nitrogens with one attached hydrogen (secondary N) is 2. The van der Waals surface area contributed by atoms with Crippen LogP contribution in [0, 0.1) is 11.6 Å². The molecule has 0 aliphatic rings. The van der Waals surface area contributed by atoms with E-state index >= 15 is 0 Å². The van der Waals surface area contributed by atoms with Crippen LogP contribution in [0.2, 0.25) is 0 Å². The number of carbonyl (C=O) groups is 1. The van der Waals surface area contributed by atoms with Crippen LogP contribution in [0.5, 0.6) is 11.6 Å². The summed E-state index contributed by atoms with van der Waals surface area (Å²) < 4.78 is 56.4. The number of rotatable bonds is 8. The summed E-state index contributed by atoms with van der Waals surface area (Å²) >= 11 is 0. The van der Waals surface area contributed by atoms with Gasteiger partial charge in [0.15, 0.2) is 9.84 Å². The highest BCUT2D eigenvalue weighted by Crippen LogP contribution is 2.28. The summed E-state index contributed by atoms with van der Waals surface area (Å²) in [7, 11) is -3.18. The van der Waals surface area contributed by atoms with E-state index in [4.69, 9.17) is 4.74 Å². The van der Waals surface area contributed by atoms with Crippen molar-refractivity contribution in [3.05, 3.63) is 114 Å². The molecule has 0 aliphatic heterocycles. The number of anilines is 3. The monoisotopic (exact) mass is 560 g/mol. The SMILES string of the molecule is CS(=O)(=O)Cc1cccc(Nc2nccc(Oc3ccc4c(C(=O)Nc5ccc(F)cc5F)cccc4c3)n2)c1. The summed E-state index contributed by atoms with van der Waals surface area (Å²) in [6.07, 6.45) is 2.69. The van der Waals surface area contributed by atoms with E-state index in [-0.39, 0.29) is 23.3 Å². The van der Waals surface area contributed by atoms with Crippen molar-refractivity contribution in [2.24, 2.45) is 0 Å². The highest BCUT2D eigenvalue weighted by molar-refractivity contribution is 7.89. The predicted molar refractivity (Wildman–Crippen MR) is 149 cm³/mol. The highest BCUT2D eigenvalue weighted by Gasteiger charge is 2.14. The van der Waals surface area contributed by atoms with Crippen LogP contribution in [0.3, 0.4) is 0 Å². The lowest BCUT2D eigenvalue weighted by Gasteiger charge is -2.11. The average molecular weight is 561 g/mol. The van der Waals surface area contributed by atoms with Gasteiger partial charge in [0.25, 0.3) is 5.91 Å². The van der Waals surface area contributed by atoms with Crippen LogP contribution in [0.1, 0.15) is 15.9 Å². The lowest BCUT2D eigenvalue weighted by molar-refractivity contribution is 0.102. The second-order valence-electron chi connectivity index (χ2n) is 8.98. The molecule has 0 saturated carbocycles. The summed E-state index contributed by atoms with van der Waals surface area (Å²) in [5.74, 6) is -1.28. The minimum absolute atomic E-state index is 0.0824. The molecule has 0 saturated heterocycles. The van der Waals surface area contributed by atoms with E-state index in [1.54, 1.807) is 66.7 Å². The van der Waals surface area contributed by atoms with Crippen molar-refractivity contribution < 1.29 is 26.7 Å². The molecule has 5 aromatic rings. The number of aromatic nitrogens is 2. The van der Waals surface area contributed by atoms with Crippen LogP contribution in [0.25, 0.3) is 10.8 Å². The van der Waals surface area contributed by atoms with Crippen LogP contribution in [0.15, 0.2) is 91.1 Å². The van der Waals surface area contributed by atoms with Crippen molar-refractivity contribution >= 4 is 43.8 Å². The number of ether oxygens (including phenoxy) is 1. The number of hydrogen-bond acceptors (Lipinski definition) is 7. The van der Waals surface area contributed by atoms with Crippen molar-refractivity contribution in [2.45, 2.75) is 5.75 Å². The van der Waals surface area contributed by atoms with Crippen molar-refractivity contribution in [2.75, 3.05) is 16.9 Å². The van der Waals surface area contributed by atoms with Crippen molar-refractivity contribution in [1.82, 2.24) is 9.97 Å². The molecule has 0 unspecified atom stereocenters. The van der Waals surface area contributed by atoms with Crippen LogP contribution >= 0.6 is 0 Å². The summed E-state index contributed by atoms with van der Waals surface area (Å²) in [6.45, 7) is 0. The molecule has 40 heavy (non-hydrogen) atoms. The maximum atomic E-state index is 14.0. The quantitative estimate of drug-likeness (QED) is 0.231. The van der Waals surface area contributed by atoms with Gasteiger partial charge in [-0.3, -0.25) is 4.79 Å². The van der Waals surface area contributed by atoms with Gasteiger partial charge in [-0.05, 0) is 64.9 Å². The summed E-state index contributed by atoms with van der Waals surface area (Å²) in [4.78, 5) is 21.4. The van der Waals surface area contributed by atoms with Crippen LogP contribution in [-0.4, -0.2) is 30.5 Å². The normalized spacial score (nSPS) is 11.3. The standard InChI is InChI=1S/C29H22F2N4O4S/c1-40(37,38)17-18-4-2-6-21(14-18)33-29-32-13-12-27(35-29)39-22-9-10-23-19(15-22)5-3-7-24(23)28(36)34-26-11-8-20(30)16-25(26)31/h2-16H,17H2,1H3,(H,34,36)(H,32,33,35). The van der Waals surface area contributed by atoms with Crippen LogP contribution in [-0.2, 0) is 15.6 Å². The number of amides is 1. The molecule has 0 radical (unpaired) electrons. The Kier molecular flexibility index (Phi) is 7.39. The molecule has 0 atom stereocenters. The molecular formula is C29H22F2N4O4S. The topological polar surface area (TPSA) is 110 Å². The first-order valence-corrected chi connectivity index (χ1v) is 14.0. The Bertz CT molecular complexity index is 1850. The summed E-state index contributed by atoms with van der Waals surface area (Å²) in [5.41, 5.74) is 1.43. The molecule has 1 aromatic heterocycles.